The third-order valence-corrected chi connectivity index (χ3v) is 7.08. The molecule has 0 saturated carbocycles. The molecule has 1 N–H and O–H groups in total. The van der Waals surface area contributed by atoms with Crippen LogP contribution in [0.15, 0.2) is 101 Å². The number of amides is 4. The number of hydrogen-bond donors (Lipinski definition) is 1. The summed E-state index contributed by atoms with van der Waals surface area (Å²) in [5.74, 6) is -0.0240. The lowest BCUT2D eigenvalue weighted by molar-refractivity contribution is -0.122. The van der Waals surface area contributed by atoms with Gasteiger partial charge in [0.1, 0.15) is 36.0 Å². The third-order valence-electron chi connectivity index (χ3n) is 6.55. The van der Waals surface area contributed by atoms with Crippen LogP contribution < -0.4 is 24.4 Å². The number of barbiturate groups is 1. The molecule has 4 aromatic carbocycles. The van der Waals surface area contributed by atoms with Crippen molar-refractivity contribution in [3.8, 4) is 17.2 Å². The van der Waals surface area contributed by atoms with Crippen molar-refractivity contribution in [1.82, 2.24) is 5.32 Å². The second kappa shape index (κ2) is 12.7. The number of benzene rings is 4. The van der Waals surface area contributed by atoms with Gasteiger partial charge >= 0.3 is 6.03 Å². The molecule has 1 aliphatic heterocycles. The van der Waals surface area contributed by atoms with Gasteiger partial charge in [0.05, 0.1) is 12.8 Å². The molecule has 42 heavy (non-hydrogen) atoms. The van der Waals surface area contributed by atoms with E-state index in [4.69, 9.17) is 14.2 Å². The number of rotatable bonds is 9. The van der Waals surface area contributed by atoms with E-state index in [1.807, 2.05) is 55.5 Å². The number of carbonyl (C=O) groups excluding carboxylic acids is 3. The van der Waals surface area contributed by atoms with E-state index < -0.39 is 17.8 Å². The monoisotopic (exact) mass is 626 g/mol. The van der Waals surface area contributed by atoms with Crippen LogP contribution in [0.2, 0.25) is 0 Å². The standard InChI is InChI=1S/C33H27BrN2O6/c1-21-3-5-22(6-4-21)20-42-30-18-28(40-2)14-9-24(30)17-29-31(37)35-33(39)36(32(29)38)26-12-15-27(16-13-26)41-19-23-7-10-25(34)11-8-23/h3-18H,19-20H2,1-2H3,(H,35,37,39)/b29-17+. The number of aryl methyl sites for hydroxylation is 1. The number of nitrogens with zero attached hydrogens (tertiary/aromatic N) is 1. The Bertz CT molecular complexity index is 1650. The zero-order valence-corrected chi connectivity index (χ0v) is 24.5. The van der Waals surface area contributed by atoms with Gasteiger partial charge in [-0.2, -0.15) is 0 Å². The molecular formula is C33H27BrN2O6. The lowest BCUT2D eigenvalue weighted by Gasteiger charge is -2.26. The van der Waals surface area contributed by atoms with E-state index in [1.54, 1.807) is 42.5 Å². The summed E-state index contributed by atoms with van der Waals surface area (Å²) in [6.07, 6.45) is 1.41. The van der Waals surface area contributed by atoms with Crippen molar-refractivity contribution in [2.24, 2.45) is 0 Å². The number of halogens is 1. The Hall–Kier alpha value is -4.89. The number of urea groups is 1. The van der Waals surface area contributed by atoms with E-state index in [0.29, 0.717) is 29.4 Å². The van der Waals surface area contributed by atoms with Crippen LogP contribution in [0.3, 0.4) is 0 Å². The van der Waals surface area contributed by atoms with Crippen molar-refractivity contribution in [1.29, 1.82) is 0 Å². The zero-order chi connectivity index (χ0) is 29.6. The van der Waals surface area contributed by atoms with Gasteiger partial charge in [-0.15, -0.1) is 0 Å². The SMILES string of the molecule is COc1ccc(/C=C2\C(=O)NC(=O)N(c3ccc(OCc4ccc(Br)cc4)cc3)C2=O)c(OCc2ccc(C)cc2)c1. The van der Waals surface area contributed by atoms with Crippen LogP contribution >= 0.6 is 15.9 Å². The zero-order valence-electron chi connectivity index (χ0n) is 22.9. The van der Waals surface area contributed by atoms with Crippen LogP contribution in [0.1, 0.15) is 22.3 Å². The number of ether oxygens (including phenoxy) is 3. The highest BCUT2D eigenvalue weighted by Gasteiger charge is 2.37. The summed E-state index contributed by atoms with van der Waals surface area (Å²) in [4.78, 5) is 40.0. The second-order valence-corrected chi connectivity index (χ2v) is 10.5. The van der Waals surface area contributed by atoms with Crippen LogP contribution in [-0.2, 0) is 22.8 Å². The van der Waals surface area contributed by atoms with Crippen LogP contribution in [0.25, 0.3) is 6.08 Å². The largest absolute Gasteiger partial charge is 0.497 e. The highest BCUT2D eigenvalue weighted by atomic mass is 79.9. The number of hydrogen-bond acceptors (Lipinski definition) is 6. The van der Waals surface area contributed by atoms with Gasteiger partial charge in [-0.25, -0.2) is 9.69 Å². The first-order chi connectivity index (χ1) is 20.3. The maximum absolute atomic E-state index is 13.5. The predicted molar refractivity (Wildman–Crippen MR) is 162 cm³/mol. The van der Waals surface area contributed by atoms with Crippen LogP contribution in [0.5, 0.6) is 17.2 Å². The van der Waals surface area contributed by atoms with E-state index in [2.05, 4.69) is 21.2 Å². The van der Waals surface area contributed by atoms with Crippen molar-refractivity contribution >= 4 is 45.5 Å². The molecule has 4 aromatic rings. The molecule has 1 heterocycles. The Balaban J connectivity index is 1.36. The van der Waals surface area contributed by atoms with Gasteiger partial charge < -0.3 is 14.2 Å². The summed E-state index contributed by atoms with van der Waals surface area (Å²) in [6.45, 7) is 2.63. The Kier molecular flexibility index (Phi) is 8.68. The summed E-state index contributed by atoms with van der Waals surface area (Å²) in [5, 5.41) is 2.26. The first kappa shape index (κ1) is 28.6. The van der Waals surface area contributed by atoms with Gasteiger partial charge in [0, 0.05) is 16.1 Å². The van der Waals surface area contributed by atoms with Gasteiger partial charge in [-0.3, -0.25) is 14.9 Å². The lowest BCUT2D eigenvalue weighted by atomic mass is 10.1. The molecular weight excluding hydrogens is 600 g/mol. The van der Waals surface area contributed by atoms with Gasteiger partial charge in [0.25, 0.3) is 11.8 Å². The van der Waals surface area contributed by atoms with Crippen LogP contribution in [-0.4, -0.2) is 25.0 Å². The molecule has 0 spiro atoms. The molecule has 0 aliphatic carbocycles. The number of carbonyl (C=O) groups is 3. The Morgan fingerprint density at radius 3 is 2.07 bits per heavy atom. The van der Waals surface area contributed by atoms with Crippen LogP contribution in [0, 0.1) is 6.92 Å². The maximum atomic E-state index is 13.5. The molecule has 0 atom stereocenters. The molecule has 9 heteroatoms. The molecule has 0 unspecified atom stereocenters. The first-order valence-electron chi connectivity index (χ1n) is 13.1. The molecule has 1 fully saturated rings. The Labute approximate surface area is 251 Å². The topological polar surface area (TPSA) is 94.2 Å². The fourth-order valence-corrected chi connectivity index (χ4v) is 4.48. The van der Waals surface area contributed by atoms with Gasteiger partial charge in [-0.05, 0) is 72.7 Å². The summed E-state index contributed by atoms with van der Waals surface area (Å²) in [5.41, 5.74) is 3.63. The lowest BCUT2D eigenvalue weighted by Crippen LogP contribution is -2.54. The van der Waals surface area contributed by atoms with E-state index in [-0.39, 0.29) is 17.9 Å². The minimum atomic E-state index is -0.837. The highest BCUT2D eigenvalue weighted by molar-refractivity contribution is 9.10. The normalized spacial score (nSPS) is 14.1. The van der Waals surface area contributed by atoms with Gasteiger partial charge in [-0.1, -0.05) is 57.9 Å². The average Bonchev–Trinajstić information content (AvgIpc) is 2.99. The molecule has 8 nitrogen and oxygen atoms in total. The third kappa shape index (κ3) is 6.70. The van der Waals surface area contributed by atoms with E-state index >= 15 is 0 Å². The maximum Gasteiger partial charge on any atom is 0.335 e. The molecule has 1 aliphatic rings. The van der Waals surface area contributed by atoms with E-state index in [1.165, 1.54) is 13.2 Å². The van der Waals surface area contributed by atoms with Crippen molar-refractivity contribution in [2.45, 2.75) is 20.1 Å². The van der Waals surface area contributed by atoms with Gasteiger partial charge in [0.2, 0.25) is 0 Å². The molecule has 0 bridgehead atoms. The molecule has 5 rings (SSSR count). The smallest absolute Gasteiger partial charge is 0.335 e. The number of nitrogens with one attached hydrogen (secondary N) is 1. The summed E-state index contributed by atoms with van der Waals surface area (Å²) in [6, 6.07) is 26.4. The summed E-state index contributed by atoms with van der Waals surface area (Å²) < 4.78 is 18.2. The van der Waals surface area contributed by atoms with Crippen molar-refractivity contribution < 1.29 is 28.6 Å². The number of methoxy groups -OCH3 is 1. The average molecular weight is 627 g/mol. The minimum Gasteiger partial charge on any atom is -0.497 e. The van der Waals surface area contributed by atoms with Crippen molar-refractivity contribution in [2.75, 3.05) is 12.0 Å². The molecule has 0 aromatic heterocycles. The highest BCUT2D eigenvalue weighted by Crippen LogP contribution is 2.30. The predicted octanol–water partition coefficient (Wildman–Crippen LogP) is 6.59. The second-order valence-electron chi connectivity index (χ2n) is 9.54. The van der Waals surface area contributed by atoms with E-state index in [9.17, 15) is 14.4 Å². The van der Waals surface area contributed by atoms with Crippen molar-refractivity contribution in [3.05, 3.63) is 123 Å². The fourth-order valence-electron chi connectivity index (χ4n) is 4.22. The number of imide groups is 2. The molecule has 212 valence electrons. The van der Waals surface area contributed by atoms with E-state index in [0.717, 1.165) is 26.1 Å². The molecule has 4 amide bonds. The molecule has 1 saturated heterocycles. The fraction of sp³-hybridized carbons (Fsp3) is 0.121. The Morgan fingerprint density at radius 2 is 1.40 bits per heavy atom. The minimum absolute atomic E-state index is 0.212. The van der Waals surface area contributed by atoms with Crippen molar-refractivity contribution in [3.63, 3.8) is 0 Å². The summed E-state index contributed by atoms with van der Waals surface area (Å²) >= 11 is 3.41. The summed E-state index contributed by atoms with van der Waals surface area (Å²) in [7, 11) is 1.54. The first-order valence-corrected chi connectivity index (χ1v) is 13.8. The quantitative estimate of drug-likeness (QED) is 0.166. The molecule has 0 radical (unpaired) electrons. The van der Waals surface area contributed by atoms with Crippen LogP contribution in [0.4, 0.5) is 10.5 Å². The Morgan fingerprint density at radius 1 is 0.786 bits per heavy atom. The van der Waals surface area contributed by atoms with Gasteiger partial charge in [0.15, 0.2) is 0 Å². The number of anilines is 1.